The van der Waals surface area contributed by atoms with Gasteiger partial charge in [-0.25, -0.2) is 0 Å². The van der Waals surface area contributed by atoms with Crippen LogP contribution in [-0.4, -0.2) is 11.3 Å². The molecule has 0 fully saturated rings. The van der Waals surface area contributed by atoms with E-state index in [1.54, 1.807) is 0 Å². The van der Waals surface area contributed by atoms with Crippen molar-refractivity contribution in [3.8, 4) is 11.1 Å². The fourth-order valence-electron chi connectivity index (χ4n) is 11.0. The number of anilines is 6. The lowest BCUT2D eigenvalue weighted by molar-refractivity contribution is 0.568. The Morgan fingerprint density at radius 1 is 0.371 bits per heavy atom. The smallest absolute Gasteiger partial charge is 0.333 e. The summed E-state index contributed by atoms with van der Waals surface area (Å²) in [5.41, 5.74) is 22.7. The molecule has 10 rings (SSSR count). The van der Waals surface area contributed by atoms with Gasteiger partial charge in [0.2, 0.25) is 0 Å². The van der Waals surface area contributed by atoms with Gasteiger partial charge in [0.05, 0.1) is 0 Å². The monoisotopic (exact) mass is 922 g/mol. The van der Waals surface area contributed by atoms with Crippen molar-refractivity contribution >= 4 is 73.7 Å². The summed E-state index contributed by atoms with van der Waals surface area (Å²) in [5.74, 6) is 0. The van der Waals surface area contributed by atoms with E-state index in [0.29, 0.717) is 0 Å². The predicted molar refractivity (Wildman–Crippen MR) is 307 cm³/mol. The average Bonchev–Trinajstić information content (AvgIpc) is 3.60. The Labute approximate surface area is 421 Å². The molecule has 2 aliphatic rings. The third-order valence-corrected chi connectivity index (χ3v) is 15.4. The molecule has 0 saturated carbocycles. The first-order valence-electron chi connectivity index (χ1n) is 25.9. The van der Waals surface area contributed by atoms with Gasteiger partial charge in [-0.2, -0.15) is 0 Å². The zero-order valence-electron chi connectivity index (χ0n) is 45.6. The quantitative estimate of drug-likeness (QED) is 0.163. The van der Waals surface area contributed by atoms with Crippen LogP contribution in [0.25, 0.3) is 32.9 Å². The molecule has 3 heterocycles. The number of aromatic nitrogens is 1. The van der Waals surface area contributed by atoms with Gasteiger partial charge in [-0.15, -0.1) is 0 Å². The molecule has 70 heavy (non-hydrogen) atoms. The maximum Gasteiger partial charge on any atom is 0.333 e. The van der Waals surface area contributed by atoms with Crippen molar-refractivity contribution in [1.82, 2.24) is 4.48 Å². The topological polar surface area (TPSA) is 11.4 Å². The molecule has 2 aliphatic heterocycles. The van der Waals surface area contributed by atoms with Crippen molar-refractivity contribution in [3.05, 3.63) is 167 Å². The molecule has 358 valence electrons. The molecule has 0 spiro atoms. The van der Waals surface area contributed by atoms with E-state index < -0.39 is 0 Å². The van der Waals surface area contributed by atoms with Crippen LogP contribution in [0.2, 0.25) is 0 Å². The first-order valence-corrected chi connectivity index (χ1v) is 25.9. The number of fused-ring (bicyclic) bond motifs is 7. The third kappa shape index (κ3) is 7.98. The fraction of sp³-hybridized carbons (Fsp3) is 0.364. The molecule has 3 nitrogen and oxygen atoms in total. The molecular weight excluding hydrogens is 846 g/mol. The minimum absolute atomic E-state index is 0.0192. The molecule has 7 aromatic carbocycles. The van der Waals surface area contributed by atoms with E-state index >= 15 is 0 Å². The molecular formula is C66H76BN3. The van der Waals surface area contributed by atoms with Crippen LogP contribution in [-0.2, 0) is 32.5 Å². The Morgan fingerprint density at radius 2 is 0.871 bits per heavy atom. The SMILES string of the molecule is CC(C)(C)c1ccc(N(c2cc(C(C)(C)C)cc(C(C)(C)C)c2)c2cc3c4c(c2)N(c2cc(C(C)(C)C)cc(C(C)(C)C)c2)c2ccc(C(C)(C)C)cc2B4n2c4ccccc4c4cccc-3c42)cc1. The summed E-state index contributed by atoms with van der Waals surface area (Å²) in [6.45, 7) is 42.2. The van der Waals surface area contributed by atoms with E-state index in [1.165, 1.54) is 100.0 Å². The number of benzene rings is 7. The van der Waals surface area contributed by atoms with Gasteiger partial charge in [-0.1, -0.05) is 197 Å². The highest BCUT2D eigenvalue weighted by Crippen LogP contribution is 2.50. The molecule has 0 saturated heterocycles. The molecule has 0 bridgehead atoms. The zero-order valence-corrected chi connectivity index (χ0v) is 45.6. The lowest BCUT2D eigenvalue weighted by Crippen LogP contribution is -2.57. The van der Waals surface area contributed by atoms with Gasteiger partial charge >= 0.3 is 6.85 Å². The van der Waals surface area contributed by atoms with Crippen LogP contribution in [0.1, 0.15) is 158 Å². The molecule has 0 atom stereocenters. The standard InChI is InChI=1S/C66H76BN3/c1-61(2,3)41-26-29-47(30-27-41)68(48-34-43(63(7,8)9)32-44(35-48)64(10,11)12)50-39-54-53-24-21-23-52-51-22-19-20-25-56(51)70(60(52)53)67-55-38-42(62(4,5)6)28-31-57(55)69(58(40-50)59(54)67)49-36-45(65(13,14)15)33-46(37-49)66(16,17)18/h19-40H,1-18H3. The summed E-state index contributed by atoms with van der Waals surface area (Å²) >= 11 is 0. The van der Waals surface area contributed by atoms with E-state index in [1.807, 2.05) is 0 Å². The fourth-order valence-corrected chi connectivity index (χ4v) is 11.0. The first-order chi connectivity index (χ1) is 32.5. The highest BCUT2D eigenvalue weighted by Gasteiger charge is 2.44. The average molecular weight is 922 g/mol. The van der Waals surface area contributed by atoms with Gasteiger partial charge in [0.15, 0.2) is 0 Å². The number of para-hydroxylation sites is 2. The van der Waals surface area contributed by atoms with Crippen molar-refractivity contribution < 1.29 is 0 Å². The van der Waals surface area contributed by atoms with Crippen molar-refractivity contribution in [3.63, 3.8) is 0 Å². The lowest BCUT2D eigenvalue weighted by Gasteiger charge is -2.42. The minimum Gasteiger partial charge on any atom is -0.375 e. The second-order valence-electron chi connectivity index (χ2n) is 26.9. The van der Waals surface area contributed by atoms with Crippen molar-refractivity contribution in [2.24, 2.45) is 0 Å². The molecule has 8 aromatic rings. The normalized spacial score (nSPS) is 14.1. The van der Waals surface area contributed by atoms with Crippen molar-refractivity contribution in [2.75, 3.05) is 9.80 Å². The van der Waals surface area contributed by atoms with E-state index in [-0.39, 0.29) is 39.3 Å². The third-order valence-electron chi connectivity index (χ3n) is 15.4. The lowest BCUT2D eigenvalue weighted by atomic mass is 9.44. The van der Waals surface area contributed by atoms with E-state index in [4.69, 9.17) is 0 Å². The maximum atomic E-state index is 2.70. The summed E-state index contributed by atoms with van der Waals surface area (Å²) in [5, 5.41) is 2.60. The molecule has 0 unspecified atom stereocenters. The summed E-state index contributed by atoms with van der Waals surface area (Å²) in [7, 11) is 0. The van der Waals surface area contributed by atoms with Gasteiger partial charge in [-0.3, -0.25) is 0 Å². The summed E-state index contributed by atoms with van der Waals surface area (Å²) in [6, 6.07) is 52.8. The number of hydrogen-bond acceptors (Lipinski definition) is 2. The van der Waals surface area contributed by atoms with Crippen LogP contribution < -0.4 is 20.7 Å². The van der Waals surface area contributed by atoms with Gasteiger partial charge in [0.25, 0.3) is 0 Å². The summed E-state index contributed by atoms with van der Waals surface area (Å²) in [6.07, 6.45) is 0. The maximum absolute atomic E-state index is 2.70. The van der Waals surface area contributed by atoms with Crippen LogP contribution in [0.4, 0.5) is 34.1 Å². The van der Waals surface area contributed by atoms with Gasteiger partial charge in [0, 0.05) is 61.5 Å². The Kier molecular flexibility index (Phi) is 10.7. The van der Waals surface area contributed by atoms with Crippen molar-refractivity contribution in [2.45, 2.75) is 157 Å². The van der Waals surface area contributed by atoms with Crippen LogP contribution >= 0.6 is 0 Å². The predicted octanol–water partition coefficient (Wildman–Crippen LogP) is 17.5. The number of hydrogen-bond donors (Lipinski definition) is 0. The Morgan fingerprint density at radius 3 is 1.43 bits per heavy atom. The zero-order chi connectivity index (χ0) is 50.4. The van der Waals surface area contributed by atoms with Gasteiger partial charge < -0.3 is 14.3 Å². The largest absolute Gasteiger partial charge is 0.375 e. The van der Waals surface area contributed by atoms with Gasteiger partial charge in [-0.05, 0) is 143 Å². The van der Waals surface area contributed by atoms with E-state index in [9.17, 15) is 0 Å². The summed E-state index contributed by atoms with van der Waals surface area (Å²) < 4.78 is 2.70. The molecule has 0 radical (unpaired) electrons. The van der Waals surface area contributed by atoms with Crippen LogP contribution in [0, 0.1) is 0 Å². The van der Waals surface area contributed by atoms with Crippen LogP contribution in [0.5, 0.6) is 0 Å². The first kappa shape index (κ1) is 47.7. The van der Waals surface area contributed by atoms with Gasteiger partial charge in [0.1, 0.15) is 0 Å². The molecule has 0 aliphatic carbocycles. The van der Waals surface area contributed by atoms with Crippen LogP contribution in [0.15, 0.2) is 133 Å². The highest BCUT2D eigenvalue weighted by atomic mass is 15.2. The van der Waals surface area contributed by atoms with Crippen molar-refractivity contribution in [1.29, 1.82) is 0 Å². The second kappa shape index (κ2) is 15.8. The Hall–Kier alpha value is -6.00. The Balaban J connectivity index is 1.39. The van der Waals surface area contributed by atoms with E-state index in [2.05, 4.69) is 272 Å². The van der Waals surface area contributed by atoms with E-state index in [0.717, 1.165) is 11.4 Å². The number of nitrogens with zero attached hydrogens (tertiary/aromatic N) is 3. The molecule has 1 aromatic heterocycles. The summed E-state index contributed by atoms with van der Waals surface area (Å²) in [4.78, 5) is 5.21. The van der Waals surface area contributed by atoms with Crippen LogP contribution in [0.3, 0.4) is 0 Å². The minimum atomic E-state index is -0.0675. The highest BCUT2D eigenvalue weighted by molar-refractivity contribution is 6.90. The Bertz CT molecular complexity index is 3310. The second-order valence-corrected chi connectivity index (χ2v) is 26.9. The molecule has 0 N–H and O–H groups in total. The number of rotatable bonds is 4. The molecule has 0 amide bonds. The molecule has 4 heteroatoms.